The van der Waals surface area contributed by atoms with Gasteiger partial charge in [-0.3, -0.25) is 0 Å². The highest BCUT2D eigenvalue weighted by molar-refractivity contribution is 5.80. The van der Waals surface area contributed by atoms with Crippen LogP contribution >= 0.6 is 0 Å². The Morgan fingerprint density at radius 3 is 1.44 bits per heavy atom. The number of aromatic nitrogens is 1. The van der Waals surface area contributed by atoms with Crippen LogP contribution in [0.1, 0.15) is 0 Å². The van der Waals surface area contributed by atoms with Crippen molar-refractivity contribution >= 4 is 11.4 Å². The third kappa shape index (κ3) is 5.29. The van der Waals surface area contributed by atoms with Crippen LogP contribution in [0.2, 0.25) is 0 Å². The van der Waals surface area contributed by atoms with Crippen molar-refractivity contribution in [2.24, 2.45) is 0 Å². The van der Waals surface area contributed by atoms with E-state index in [9.17, 15) is 0 Å². The van der Waals surface area contributed by atoms with Crippen molar-refractivity contribution in [3.63, 3.8) is 0 Å². The Morgan fingerprint density at radius 2 is 0.897 bits per heavy atom. The van der Waals surface area contributed by atoms with Crippen molar-refractivity contribution in [1.82, 2.24) is 4.98 Å². The number of benzene rings is 5. The van der Waals surface area contributed by atoms with Gasteiger partial charge < -0.3 is 11.1 Å². The number of nitrogens with one attached hydrogen (secondary N) is 1. The first kappa shape index (κ1) is 24.2. The first-order valence-corrected chi connectivity index (χ1v) is 13.1. The molecule has 5 aromatic carbocycles. The van der Waals surface area contributed by atoms with Gasteiger partial charge in [0, 0.05) is 29.5 Å². The predicted molar refractivity (Wildman–Crippen MR) is 165 cm³/mol. The van der Waals surface area contributed by atoms with Gasteiger partial charge in [0.15, 0.2) is 0 Å². The van der Waals surface area contributed by atoms with Gasteiger partial charge in [-0.2, -0.15) is 0 Å². The molecule has 0 amide bonds. The van der Waals surface area contributed by atoms with E-state index >= 15 is 0 Å². The fourth-order valence-corrected chi connectivity index (χ4v) is 4.84. The molecule has 0 bridgehead atoms. The summed E-state index contributed by atoms with van der Waals surface area (Å²) < 4.78 is 0. The topological polar surface area (TPSA) is 50.9 Å². The van der Waals surface area contributed by atoms with E-state index in [0.29, 0.717) is 0 Å². The average molecular weight is 504 g/mol. The summed E-state index contributed by atoms with van der Waals surface area (Å²) >= 11 is 0. The molecule has 6 rings (SSSR count). The highest BCUT2D eigenvalue weighted by atomic mass is 14.8. The fourth-order valence-electron chi connectivity index (χ4n) is 4.84. The molecule has 0 unspecified atom stereocenters. The van der Waals surface area contributed by atoms with E-state index in [1.165, 1.54) is 5.56 Å². The lowest BCUT2D eigenvalue weighted by Gasteiger charge is -2.12. The Bertz CT molecular complexity index is 1720. The number of nitrogens with zero attached hydrogens (tertiary/aromatic N) is 1. The summed E-state index contributed by atoms with van der Waals surface area (Å²) in [7, 11) is 1.93. The maximum absolute atomic E-state index is 5.92. The third-order valence-electron chi connectivity index (χ3n) is 7.00. The molecule has 1 aromatic heterocycles. The summed E-state index contributed by atoms with van der Waals surface area (Å²) in [4.78, 5) is 5.18. The first-order valence-electron chi connectivity index (χ1n) is 13.1. The lowest BCUT2D eigenvalue weighted by atomic mass is 9.96. The van der Waals surface area contributed by atoms with Crippen LogP contribution in [0.25, 0.3) is 55.9 Å². The highest BCUT2D eigenvalue weighted by Crippen LogP contribution is 2.33. The summed E-state index contributed by atoms with van der Waals surface area (Å²) in [6.45, 7) is 0. The second-order valence-corrected chi connectivity index (χ2v) is 9.60. The molecule has 0 spiro atoms. The molecule has 3 heteroatoms. The lowest BCUT2D eigenvalue weighted by Crippen LogP contribution is -1.92. The van der Waals surface area contributed by atoms with Crippen molar-refractivity contribution < 1.29 is 0 Å². The zero-order valence-electron chi connectivity index (χ0n) is 21.8. The monoisotopic (exact) mass is 503 g/mol. The van der Waals surface area contributed by atoms with Crippen molar-refractivity contribution in [3.8, 4) is 55.9 Å². The van der Waals surface area contributed by atoms with Gasteiger partial charge in [-0.05, 0) is 81.9 Å². The molecule has 3 N–H and O–H groups in total. The van der Waals surface area contributed by atoms with Gasteiger partial charge in [-0.15, -0.1) is 0 Å². The van der Waals surface area contributed by atoms with E-state index in [1.54, 1.807) is 0 Å². The molecule has 6 aromatic rings. The van der Waals surface area contributed by atoms with Crippen LogP contribution in [-0.2, 0) is 0 Å². The summed E-state index contributed by atoms with van der Waals surface area (Å²) in [5, 5.41) is 3.19. The molecule has 0 saturated carbocycles. The molecule has 0 aliphatic heterocycles. The largest absolute Gasteiger partial charge is 0.399 e. The molecular formula is C36H29N3. The number of nitrogen functional groups attached to an aromatic ring is 1. The summed E-state index contributed by atoms with van der Waals surface area (Å²) in [6, 6.07) is 48.5. The van der Waals surface area contributed by atoms with Crippen molar-refractivity contribution in [3.05, 3.63) is 140 Å². The smallest absolute Gasteiger partial charge is 0.0715 e. The maximum Gasteiger partial charge on any atom is 0.0715 e. The van der Waals surface area contributed by atoms with E-state index in [4.69, 9.17) is 10.7 Å². The normalized spacial score (nSPS) is 10.8. The fraction of sp³-hybridized carbons (Fsp3) is 0.0278. The number of rotatable bonds is 6. The van der Waals surface area contributed by atoms with E-state index in [2.05, 4.69) is 127 Å². The molecule has 188 valence electrons. The molecule has 0 atom stereocenters. The molecule has 39 heavy (non-hydrogen) atoms. The number of anilines is 2. The van der Waals surface area contributed by atoms with Gasteiger partial charge in [0.25, 0.3) is 0 Å². The van der Waals surface area contributed by atoms with Crippen molar-refractivity contribution in [2.45, 2.75) is 0 Å². The standard InChI is InChI=1S/C36H29N3/c1-38-34-19-15-27(16-20-34)29-10-6-12-31(22-29)36-24-32(25-7-3-2-4-8-25)23-35(39-36)30-11-5-9-28(21-30)26-13-17-33(37)18-14-26/h2-24,38H,37H2,1H3. The first-order chi connectivity index (χ1) is 19.2. The Kier molecular flexibility index (Phi) is 6.63. The quantitative estimate of drug-likeness (QED) is 0.223. The molecule has 0 saturated heterocycles. The third-order valence-corrected chi connectivity index (χ3v) is 7.00. The van der Waals surface area contributed by atoms with Crippen LogP contribution in [0, 0.1) is 0 Å². The van der Waals surface area contributed by atoms with E-state index in [0.717, 1.165) is 61.7 Å². The SMILES string of the molecule is CNc1ccc(-c2cccc(-c3cc(-c4ccccc4)cc(-c4cccc(-c5ccc(N)cc5)c4)n3)c2)cc1. The zero-order chi connectivity index (χ0) is 26.6. The molecule has 1 heterocycles. The zero-order valence-corrected chi connectivity index (χ0v) is 21.8. The van der Waals surface area contributed by atoms with E-state index in [-0.39, 0.29) is 0 Å². The van der Waals surface area contributed by atoms with Crippen molar-refractivity contribution in [1.29, 1.82) is 0 Å². The Labute approximate surface area is 229 Å². The Balaban J connectivity index is 1.46. The Morgan fingerprint density at radius 1 is 0.436 bits per heavy atom. The highest BCUT2D eigenvalue weighted by Gasteiger charge is 2.11. The summed E-state index contributed by atoms with van der Waals surface area (Å²) in [5.41, 5.74) is 18.7. The average Bonchev–Trinajstić information content (AvgIpc) is 3.02. The van der Waals surface area contributed by atoms with Crippen LogP contribution in [-0.4, -0.2) is 12.0 Å². The van der Waals surface area contributed by atoms with Gasteiger partial charge >= 0.3 is 0 Å². The number of pyridine rings is 1. The lowest BCUT2D eigenvalue weighted by molar-refractivity contribution is 1.32. The van der Waals surface area contributed by atoms with Crippen LogP contribution in [0.15, 0.2) is 140 Å². The summed E-state index contributed by atoms with van der Waals surface area (Å²) in [6.07, 6.45) is 0. The van der Waals surface area contributed by atoms with Crippen LogP contribution in [0.5, 0.6) is 0 Å². The second kappa shape index (κ2) is 10.7. The minimum atomic E-state index is 0.761. The van der Waals surface area contributed by atoms with Gasteiger partial charge in [-0.1, -0.05) is 91.0 Å². The number of hydrogen-bond acceptors (Lipinski definition) is 3. The minimum absolute atomic E-state index is 0.761. The molecule has 3 nitrogen and oxygen atoms in total. The van der Waals surface area contributed by atoms with Crippen molar-refractivity contribution in [2.75, 3.05) is 18.1 Å². The Hall–Kier alpha value is -5.15. The van der Waals surface area contributed by atoms with Gasteiger partial charge in [0.1, 0.15) is 0 Å². The molecule has 0 aliphatic rings. The van der Waals surface area contributed by atoms with E-state index in [1.807, 2.05) is 25.2 Å². The van der Waals surface area contributed by atoms with Gasteiger partial charge in [-0.25, -0.2) is 4.98 Å². The molecule has 0 fully saturated rings. The van der Waals surface area contributed by atoms with Crippen LogP contribution < -0.4 is 11.1 Å². The van der Waals surface area contributed by atoms with Gasteiger partial charge in [0.05, 0.1) is 11.4 Å². The van der Waals surface area contributed by atoms with Crippen LogP contribution in [0.4, 0.5) is 11.4 Å². The molecular weight excluding hydrogens is 474 g/mol. The van der Waals surface area contributed by atoms with Crippen LogP contribution in [0.3, 0.4) is 0 Å². The van der Waals surface area contributed by atoms with Gasteiger partial charge in [0.2, 0.25) is 0 Å². The number of nitrogens with two attached hydrogens (primary N) is 1. The minimum Gasteiger partial charge on any atom is -0.399 e. The molecule has 0 radical (unpaired) electrons. The predicted octanol–water partition coefficient (Wildman–Crippen LogP) is 9.04. The second-order valence-electron chi connectivity index (χ2n) is 9.60. The van der Waals surface area contributed by atoms with E-state index < -0.39 is 0 Å². The summed E-state index contributed by atoms with van der Waals surface area (Å²) in [5.74, 6) is 0. The maximum atomic E-state index is 5.92. The number of hydrogen-bond donors (Lipinski definition) is 2. The molecule has 0 aliphatic carbocycles.